The number of anilines is 1. The molecule has 1 aliphatic heterocycles. The molecule has 6 heteroatoms. The van der Waals surface area contributed by atoms with Crippen LogP contribution < -0.4 is 20.5 Å². The number of carbonyl (C=O) groups excluding carboxylic acids is 1. The highest BCUT2D eigenvalue weighted by Crippen LogP contribution is 2.36. The van der Waals surface area contributed by atoms with Crippen LogP contribution in [0.5, 0.6) is 11.5 Å². The highest BCUT2D eigenvalue weighted by atomic mass is 32.2. The van der Waals surface area contributed by atoms with E-state index in [0.717, 1.165) is 12.8 Å². The molecule has 2 aliphatic rings. The Labute approximate surface area is 128 Å². The third kappa shape index (κ3) is 2.90. The lowest BCUT2D eigenvalue weighted by Gasteiger charge is -2.31. The van der Waals surface area contributed by atoms with E-state index in [-0.39, 0.29) is 18.7 Å². The maximum Gasteiger partial charge on any atom is 0.253 e. The van der Waals surface area contributed by atoms with E-state index < -0.39 is 0 Å². The lowest BCUT2D eigenvalue weighted by molar-refractivity contribution is 0.0930. The number of ether oxygens (including phenoxy) is 2. The van der Waals surface area contributed by atoms with E-state index in [2.05, 4.69) is 11.6 Å². The summed E-state index contributed by atoms with van der Waals surface area (Å²) in [6.07, 6.45) is 6.69. The summed E-state index contributed by atoms with van der Waals surface area (Å²) in [7, 11) is 0. The van der Waals surface area contributed by atoms with Crippen LogP contribution in [-0.4, -0.2) is 30.2 Å². The van der Waals surface area contributed by atoms with Crippen LogP contribution in [0.2, 0.25) is 0 Å². The van der Waals surface area contributed by atoms with Gasteiger partial charge in [-0.1, -0.05) is 12.8 Å². The summed E-state index contributed by atoms with van der Waals surface area (Å²) in [5.41, 5.74) is 6.85. The van der Waals surface area contributed by atoms with Crippen molar-refractivity contribution in [2.45, 2.75) is 37.0 Å². The maximum atomic E-state index is 12.5. The highest BCUT2D eigenvalue weighted by molar-refractivity contribution is 7.99. The molecule has 114 valence electrons. The minimum Gasteiger partial charge on any atom is -0.454 e. The molecule has 5 nitrogen and oxygen atoms in total. The SMILES string of the molecule is CSC1CCCCC1NC(=O)c1cc2c(cc1N)OCO2. The molecule has 1 heterocycles. The quantitative estimate of drug-likeness (QED) is 0.839. The Morgan fingerprint density at radius 1 is 1.29 bits per heavy atom. The number of thioether (sulfide) groups is 1. The average molecular weight is 308 g/mol. The summed E-state index contributed by atoms with van der Waals surface area (Å²) in [5, 5.41) is 3.62. The molecule has 1 fully saturated rings. The number of nitrogen functional groups attached to an aromatic ring is 1. The molecule has 0 aromatic heterocycles. The minimum atomic E-state index is -0.128. The summed E-state index contributed by atoms with van der Waals surface area (Å²) in [5.74, 6) is 1.06. The number of fused-ring (bicyclic) bond motifs is 1. The van der Waals surface area contributed by atoms with Crippen molar-refractivity contribution in [3.05, 3.63) is 17.7 Å². The number of carbonyl (C=O) groups is 1. The van der Waals surface area contributed by atoms with Crippen LogP contribution in [0.15, 0.2) is 12.1 Å². The minimum absolute atomic E-state index is 0.128. The van der Waals surface area contributed by atoms with Crippen molar-refractivity contribution in [3.8, 4) is 11.5 Å². The summed E-state index contributed by atoms with van der Waals surface area (Å²) in [6.45, 7) is 0.178. The van der Waals surface area contributed by atoms with Crippen LogP contribution in [0.4, 0.5) is 5.69 Å². The molecule has 0 saturated heterocycles. The standard InChI is InChI=1S/C15H20N2O3S/c1-21-14-5-3-2-4-11(14)17-15(18)9-6-12-13(7-10(9)16)20-8-19-12/h6-7,11,14H,2-5,8,16H2,1H3,(H,17,18). The van der Waals surface area contributed by atoms with Crippen molar-refractivity contribution in [2.24, 2.45) is 0 Å². The summed E-state index contributed by atoms with van der Waals surface area (Å²) < 4.78 is 10.6. The second-order valence-electron chi connectivity index (χ2n) is 5.43. The van der Waals surface area contributed by atoms with Gasteiger partial charge in [0.05, 0.1) is 5.56 Å². The first-order chi connectivity index (χ1) is 10.2. The van der Waals surface area contributed by atoms with Gasteiger partial charge < -0.3 is 20.5 Å². The van der Waals surface area contributed by atoms with E-state index >= 15 is 0 Å². The van der Waals surface area contributed by atoms with Gasteiger partial charge in [0.1, 0.15) is 0 Å². The Morgan fingerprint density at radius 3 is 2.76 bits per heavy atom. The first kappa shape index (κ1) is 14.4. The normalized spacial score (nSPS) is 23.9. The summed E-state index contributed by atoms with van der Waals surface area (Å²) in [6, 6.07) is 3.54. The first-order valence-electron chi connectivity index (χ1n) is 7.22. The zero-order valence-electron chi connectivity index (χ0n) is 12.1. The fraction of sp³-hybridized carbons (Fsp3) is 0.533. The predicted octanol–water partition coefficient (Wildman–Crippen LogP) is 2.40. The molecule has 0 radical (unpaired) electrons. The summed E-state index contributed by atoms with van der Waals surface area (Å²) >= 11 is 1.82. The molecule has 1 aromatic carbocycles. The van der Waals surface area contributed by atoms with Crippen LogP contribution in [-0.2, 0) is 0 Å². The number of hydrogen-bond donors (Lipinski definition) is 2. The largest absolute Gasteiger partial charge is 0.454 e. The van der Waals surface area contributed by atoms with Gasteiger partial charge in [-0.2, -0.15) is 11.8 Å². The molecular weight excluding hydrogens is 288 g/mol. The van der Waals surface area contributed by atoms with Crippen LogP contribution in [0, 0.1) is 0 Å². The molecule has 3 rings (SSSR count). The van der Waals surface area contributed by atoms with Crippen molar-refractivity contribution in [1.29, 1.82) is 0 Å². The van der Waals surface area contributed by atoms with Gasteiger partial charge in [-0.3, -0.25) is 4.79 Å². The number of hydrogen-bond acceptors (Lipinski definition) is 5. The fourth-order valence-corrected chi connectivity index (χ4v) is 3.88. The molecule has 0 spiro atoms. The molecule has 1 saturated carbocycles. The van der Waals surface area contributed by atoms with Gasteiger partial charge >= 0.3 is 0 Å². The first-order valence-corrected chi connectivity index (χ1v) is 8.50. The lowest BCUT2D eigenvalue weighted by atomic mass is 9.94. The zero-order valence-corrected chi connectivity index (χ0v) is 12.9. The molecule has 2 unspecified atom stereocenters. The average Bonchev–Trinajstić information content (AvgIpc) is 2.94. The van der Waals surface area contributed by atoms with Crippen molar-refractivity contribution in [2.75, 3.05) is 18.8 Å². The molecular formula is C15H20N2O3S. The Hall–Kier alpha value is -1.56. The van der Waals surface area contributed by atoms with E-state index in [1.54, 1.807) is 12.1 Å². The van der Waals surface area contributed by atoms with Crippen LogP contribution in [0.25, 0.3) is 0 Å². The van der Waals surface area contributed by atoms with Gasteiger partial charge in [0.25, 0.3) is 5.91 Å². The predicted molar refractivity (Wildman–Crippen MR) is 84.0 cm³/mol. The van der Waals surface area contributed by atoms with Gasteiger partial charge in [0.2, 0.25) is 6.79 Å². The van der Waals surface area contributed by atoms with Crippen molar-refractivity contribution in [3.63, 3.8) is 0 Å². The number of benzene rings is 1. The smallest absolute Gasteiger partial charge is 0.253 e. The number of amides is 1. The van der Waals surface area contributed by atoms with Crippen LogP contribution in [0.3, 0.4) is 0 Å². The monoisotopic (exact) mass is 308 g/mol. The maximum absolute atomic E-state index is 12.5. The van der Waals surface area contributed by atoms with Crippen molar-refractivity contribution in [1.82, 2.24) is 5.32 Å². The van der Waals surface area contributed by atoms with E-state index in [1.807, 2.05) is 11.8 Å². The van der Waals surface area contributed by atoms with Crippen molar-refractivity contribution < 1.29 is 14.3 Å². The molecule has 21 heavy (non-hydrogen) atoms. The third-order valence-corrected chi connectivity index (χ3v) is 5.28. The molecule has 2 atom stereocenters. The Bertz CT molecular complexity index is 550. The van der Waals surface area contributed by atoms with E-state index in [1.165, 1.54) is 12.8 Å². The van der Waals surface area contributed by atoms with Crippen LogP contribution in [0.1, 0.15) is 36.0 Å². The molecule has 1 amide bonds. The second-order valence-corrected chi connectivity index (χ2v) is 6.51. The van der Waals surface area contributed by atoms with Crippen LogP contribution >= 0.6 is 11.8 Å². The van der Waals surface area contributed by atoms with Gasteiger partial charge in [0, 0.05) is 23.0 Å². The Balaban J connectivity index is 1.76. The number of nitrogens with two attached hydrogens (primary N) is 1. The van der Waals surface area contributed by atoms with E-state index in [4.69, 9.17) is 15.2 Å². The third-order valence-electron chi connectivity index (χ3n) is 4.11. The van der Waals surface area contributed by atoms with Gasteiger partial charge in [-0.15, -0.1) is 0 Å². The Morgan fingerprint density at radius 2 is 2.00 bits per heavy atom. The van der Waals surface area contributed by atoms with Crippen molar-refractivity contribution >= 4 is 23.4 Å². The topological polar surface area (TPSA) is 73.6 Å². The molecule has 0 bridgehead atoms. The van der Waals surface area contributed by atoms with E-state index in [9.17, 15) is 4.79 Å². The number of nitrogens with one attached hydrogen (secondary N) is 1. The Kier molecular flexibility index (Phi) is 4.14. The lowest BCUT2D eigenvalue weighted by Crippen LogP contribution is -2.43. The molecule has 3 N–H and O–H groups in total. The molecule has 1 aromatic rings. The fourth-order valence-electron chi connectivity index (χ4n) is 2.94. The molecule has 1 aliphatic carbocycles. The highest BCUT2D eigenvalue weighted by Gasteiger charge is 2.27. The number of rotatable bonds is 3. The van der Waals surface area contributed by atoms with Gasteiger partial charge in [0.15, 0.2) is 11.5 Å². The van der Waals surface area contributed by atoms with Gasteiger partial charge in [-0.05, 0) is 25.2 Å². The summed E-state index contributed by atoms with van der Waals surface area (Å²) in [4.78, 5) is 12.5. The zero-order chi connectivity index (χ0) is 14.8. The second kappa shape index (κ2) is 6.05. The van der Waals surface area contributed by atoms with E-state index in [0.29, 0.717) is 28.0 Å². The van der Waals surface area contributed by atoms with Gasteiger partial charge in [-0.25, -0.2) is 0 Å².